The summed E-state index contributed by atoms with van der Waals surface area (Å²) in [7, 11) is 7.01. The molecular formula is C25H38N4O3. The van der Waals surface area contributed by atoms with Crippen molar-refractivity contribution in [2.45, 2.75) is 39.4 Å². The zero-order valence-electron chi connectivity index (χ0n) is 20.3. The molecule has 0 saturated carbocycles. The number of aliphatic imine (C=N–C) groups is 1. The van der Waals surface area contributed by atoms with Crippen LogP contribution < -0.4 is 24.8 Å². The average molecular weight is 443 g/mol. The van der Waals surface area contributed by atoms with Crippen LogP contribution in [0.2, 0.25) is 0 Å². The maximum atomic E-state index is 5.57. The average Bonchev–Trinajstić information content (AvgIpc) is 2.82. The largest absolute Gasteiger partial charge is 0.493 e. The van der Waals surface area contributed by atoms with Crippen LogP contribution in [0.3, 0.4) is 0 Å². The van der Waals surface area contributed by atoms with Gasteiger partial charge in [0.1, 0.15) is 0 Å². The third-order valence-electron chi connectivity index (χ3n) is 5.42. The summed E-state index contributed by atoms with van der Waals surface area (Å²) in [6, 6.07) is 14.8. The van der Waals surface area contributed by atoms with Crippen molar-refractivity contribution in [3.05, 3.63) is 53.6 Å². The molecule has 7 heteroatoms. The Morgan fingerprint density at radius 1 is 0.969 bits per heavy atom. The van der Waals surface area contributed by atoms with Gasteiger partial charge in [-0.2, -0.15) is 0 Å². The van der Waals surface area contributed by atoms with Gasteiger partial charge < -0.3 is 24.8 Å². The molecule has 0 radical (unpaired) electrons. The van der Waals surface area contributed by atoms with Crippen LogP contribution in [0.5, 0.6) is 17.2 Å². The minimum absolute atomic E-state index is 0.441. The fourth-order valence-corrected chi connectivity index (χ4v) is 3.44. The van der Waals surface area contributed by atoms with Crippen molar-refractivity contribution < 1.29 is 14.2 Å². The molecule has 7 nitrogen and oxygen atoms in total. The summed E-state index contributed by atoms with van der Waals surface area (Å²) >= 11 is 0. The molecule has 0 aliphatic carbocycles. The Kier molecular flexibility index (Phi) is 10.7. The monoisotopic (exact) mass is 442 g/mol. The summed E-state index contributed by atoms with van der Waals surface area (Å²) in [4.78, 5) is 7.11. The molecule has 1 unspecified atom stereocenters. The van der Waals surface area contributed by atoms with E-state index in [0.717, 1.165) is 37.6 Å². The van der Waals surface area contributed by atoms with Gasteiger partial charge in [0.2, 0.25) is 5.75 Å². The first kappa shape index (κ1) is 25.3. The molecule has 2 rings (SSSR count). The van der Waals surface area contributed by atoms with Crippen LogP contribution >= 0.6 is 0 Å². The van der Waals surface area contributed by atoms with Gasteiger partial charge in [0.25, 0.3) is 0 Å². The van der Waals surface area contributed by atoms with Crippen LogP contribution in [-0.4, -0.2) is 58.4 Å². The molecule has 0 spiro atoms. The lowest BCUT2D eigenvalue weighted by atomic mass is 10.1. The van der Waals surface area contributed by atoms with E-state index in [0.29, 0.717) is 29.8 Å². The summed E-state index contributed by atoms with van der Waals surface area (Å²) in [5.74, 6) is 2.64. The standard InChI is InChI=1S/C25H38N4O3/c1-7-26-25(27-16-15-19(2)29(3)18-20-11-9-8-10-12-20)28-17-21-13-14-22(30-4)24(32-6)23(21)31-5/h8-14,19H,7,15-18H2,1-6H3,(H2,26,27,28). The highest BCUT2D eigenvalue weighted by Gasteiger charge is 2.16. The van der Waals surface area contributed by atoms with Crippen LogP contribution in [0.25, 0.3) is 0 Å². The number of nitrogens with one attached hydrogen (secondary N) is 2. The molecule has 0 aliphatic rings. The van der Waals surface area contributed by atoms with Gasteiger partial charge in [-0.05, 0) is 45.0 Å². The van der Waals surface area contributed by atoms with Crippen molar-refractivity contribution in [3.63, 3.8) is 0 Å². The van der Waals surface area contributed by atoms with Crippen LogP contribution in [0, 0.1) is 0 Å². The molecule has 32 heavy (non-hydrogen) atoms. The van der Waals surface area contributed by atoms with Gasteiger partial charge in [0, 0.05) is 31.2 Å². The van der Waals surface area contributed by atoms with E-state index in [1.807, 2.05) is 12.1 Å². The summed E-state index contributed by atoms with van der Waals surface area (Å²) in [5, 5.41) is 6.76. The van der Waals surface area contributed by atoms with Crippen molar-refractivity contribution in [1.82, 2.24) is 15.5 Å². The highest BCUT2D eigenvalue weighted by atomic mass is 16.5. The second-order valence-corrected chi connectivity index (χ2v) is 7.65. The van der Waals surface area contributed by atoms with Crippen molar-refractivity contribution >= 4 is 5.96 Å². The van der Waals surface area contributed by atoms with Crippen molar-refractivity contribution in [2.75, 3.05) is 41.5 Å². The molecule has 0 bridgehead atoms. The zero-order chi connectivity index (χ0) is 23.3. The minimum Gasteiger partial charge on any atom is -0.493 e. The molecule has 0 saturated heterocycles. The smallest absolute Gasteiger partial charge is 0.203 e. The van der Waals surface area contributed by atoms with E-state index in [9.17, 15) is 0 Å². The lowest BCUT2D eigenvalue weighted by Crippen LogP contribution is -2.40. The van der Waals surface area contributed by atoms with Gasteiger partial charge >= 0.3 is 0 Å². The predicted molar refractivity (Wildman–Crippen MR) is 131 cm³/mol. The Bertz CT molecular complexity index is 843. The molecule has 2 N–H and O–H groups in total. The van der Waals surface area contributed by atoms with Gasteiger partial charge in [0.05, 0.1) is 27.9 Å². The number of methoxy groups -OCH3 is 3. The molecule has 0 aliphatic heterocycles. The molecule has 176 valence electrons. The maximum absolute atomic E-state index is 5.57. The van der Waals surface area contributed by atoms with E-state index in [4.69, 9.17) is 19.2 Å². The Hall–Kier alpha value is -2.93. The van der Waals surface area contributed by atoms with Gasteiger partial charge in [-0.15, -0.1) is 0 Å². The van der Waals surface area contributed by atoms with E-state index in [1.54, 1.807) is 21.3 Å². The number of ether oxygens (including phenoxy) is 3. The molecule has 2 aromatic carbocycles. The third-order valence-corrected chi connectivity index (χ3v) is 5.42. The van der Waals surface area contributed by atoms with E-state index in [1.165, 1.54) is 5.56 Å². The number of guanidine groups is 1. The number of rotatable bonds is 12. The second kappa shape index (κ2) is 13.5. The number of nitrogens with zero attached hydrogens (tertiary/aromatic N) is 2. The first-order valence-electron chi connectivity index (χ1n) is 11.1. The minimum atomic E-state index is 0.441. The Labute approximate surface area is 192 Å². The lowest BCUT2D eigenvalue weighted by Gasteiger charge is -2.25. The number of hydrogen-bond donors (Lipinski definition) is 2. The molecule has 0 heterocycles. The third kappa shape index (κ3) is 7.34. The van der Waals surface area contributed by atoms with E-state index >= 15 is 0 Å². The van der Waals surface area contributed by atoms with E-state index in [-0.39, 0.29) is 0 Å². The molecule has 1 atom stereocenters. The SMILES string of the molecule is CCNC(=NCc1ccc(OC)c(OC)c1OC)NCCC(C)N(C)Cc1ccccc1. The summed E-state index contributed by atoms with van der Waals surface area (Å²) in [6.07, 6.45) is 1.01. The van der Waals surface area contributed by atoms with Gasteiger partial charge in [0.15, 0.2) is 17.5 Å². The summed E-state index contributed by atoms with van der Waals surface area (Å²) in [5.41, 5.74) is 2.26. The number of hydrogen-bond acceptors (Lipinski definition) is 5. The first-order chi connectivity index (χ1) is 15.5. The molecule has 2 aromatic rings. The Morgan fingerprint density at radius 2 is 1.69 bits per heavy atom. The van der Waals surface area contributed by atoms with Crippen LogP contribution in [0.15, 0.2) is 47.5 Å². The fraction of sp³-hybridized carbons (Fsp3) is 0.480. The van der Waals surface area contributed by atoms with Gasteiger partial charge in [-0.3, -0.25) is 4.90 Å². The second-order valence-electron chi connectivity index (χ2n) is 7.65. The topological polar surface area (TPSA) is 67.4 Å². The lowest BCUT2D eigenvalue weighted by molar-refractivity contribution is 0.238. The highest BCUT2D eigenvalue weighted by Crippen LogP contribution is 2.39. The number of benzene rings is 2. The molecule has 0 fully saturated rings. The van der Waals surface area contributed by atoms with Crippen molar-refractivity contribution in [1.29, 1.82) is 0 Å². The van der Waals surface area contributed by atoms with Crippen LogP contribution in [0.4, 0.5) is 0 Å². The van der Waals surface area contributed by atoms with Crippen LogP contribution in [0.1, 0.15) is 31.4 Å². The Balaban J connectivity index is 1.95. The first-order valence-corrected chi connectivity index (χ1v) is 11.1. The normalized spacial score (nSPS) is 12.4. The molecule has 0 amide bonds. The highest BCUT2D eigenvalue weighted by molar-refractivity contribution is 5.79. The van der Waals surface area contributed by atoms with E-state index < -0.39 is 0 Å². The molecular weight excluding hydrogens is 404 g/mol. The quantitative estimate of drug-likeness (QED) is 0.386. The van der Waals surface area contributed by atoms with Gasteiger partial charge in [-0.1, -0.05) is 30.3 Å². The maximum Gasteiger partial charge on any atom is 0.203 e. The van der Waals surface area contributed by atoms with E-state index in [2.05, 4.69) is 66.8 Å². The summed E-state index contributed by atoms with van der Waals surface area (Å²) in [6.45, 7) is 7.33. The Morgan fingerprint density at radius 3 is 2.31 bits per heavy atom. The van der Waals surface area contributed by atoms with Crippen molar-refractivity contribution in [3.8, 4) is 17.2 Å². The van der Waals surface area contributed by atoms with Crippen molar-refractivity contribution in [2.24, 2.45) is 4.99 Å². The molecule has 0 aromatic heterocycles. The fourth-order valence-electron chi connectivity index (χ4n) is 3.44. The van der Waals surface area contributed by atoms with Gasteiger partial charge in [-0.25, -0.2) is 4.99 Å². The zero-order valence-corrected chi connectivity index (χ0v) is 20.3. The van der Waals surface area contributed by atoms with Crippen LogP contribution in [-0.2, 0) is 13.1 Å². The predicted octanol–water partition coefficient (Wildman–Crippen LogP) is 3.68. The summed E-state index contributed by atoms with van der Waals surface area (Å²) < 4.78 is 16.4.